The molecule has 13 heavy (non-hydrogen) atoms. The Bertz CT molecular complexity index is 215. The van der Waals surface area contributed by atoms with E-state index in [0.717, 1.165) is 6.42 Å². The lowest BCUT2D eigenvalue weighted by atomic mass is 9.97. The van der Waals surface area contributed by atoms with Crippen molar-refractivity contribution in [2.45, 2.75) is 12.3 Å². The van der Waals surface area contributed by atoms with Gasteiger partial charge < -0.3 is 10.8 Å². The van der Waals surface area contributed by atoms with Crippen molar-refractivity contribution in [2.75, 3.05) is 13.2 Å². The second kappa shape index (κ2) is 6.89. The van der Waals surface area contributed by atoms with E-state index >= 15 is 0 Å². The molecule has 2 nitrogen and oxygen atoms in total. The van der Waals surface area contributed by atoms with E-state index in [1.54, 1.807) is 0 Å². The van der Waals surface area contributed by atoms with Gasteiger partial charge in [0.15, 0.2) is 0 Å². The van der Waals surface area contributed by atoms with E-state index in [9.17, 15) is 0 Å². The summed E-state index contributed by atoms with van der Waals surface area (Å²) in [5.74, 6) is 0.205. The topological polar surface area (TPSA) is 46.2 Å². The first-order valence-electron chi connectivity index (χ1n) is 4.24. The van der Waals surface area contributed by atoms with Gasteiger partial charge in [0.1, 0.15) is 0 Å². The van der Waals surface area contributed by atoms with E-state index in [-0.39, 0.29) is 24.9 Å². The molecule has 1 rings (SSSR count). The Labute approximate surface area is 85.2 Å². The molecular formula is C10H16ClNO. The van der Waals surface area contributed by atoms with E-state index in [1.165, 1.54) is 5.56 Å². The summed E-state index contributed by atoms with van der Waals surface area (Å²) < 4.78 is 0. The number of nitrogens with two attached hydrogens (primary N) is 1. The standard InChI is InChI=1S/C10H15NO.ClH/c11-7-6-10(8-12)9-4-2-1-3-5-9;/h1-5,10,12H,6-8,11H2;1H. The third-order valence-corrected chi connectivity index (χ3v) is 2.01. The molecule has 0 bridgehead atoms. The van der Waals surface area contributed by atoms with E-state index in [2.05, 4.69) is 0 Å². The highest BCUT2D eigenvalue weighted by atomic mass is 35.5. The van der Waals surface area contributed by atoms with Crippen molar-refractivity contribution in [3.63, 3.8) is 0 Å². The van der Waals surface area contributed by atoms with Gasteiger partial charge in [-0.3, -0.25) is 0 Å². The van der Waals surface area contributed by atoms with E-state index < -0.39 is 0 Å². The second-order valence-corrected chi connectivity index (χ2v) is 2.87. The van der Waals surface area contributed by atoms with Crippen LogP contribution in [0.4, 0.5) is 0 Å². The first-order chi connectivity index (χ1) is 5.88. The second-order valence-electron chi connectivity index (χ2n) is 2.87. The van der Waals surface area contributed by atoms with Crippen LogP contribution in [0.1, 0.15) is 17.9 Å². The normalized spacial score (nSPS) is 11.8. The monoisotopic (exact) mass is 201 g/mol. The quantitative estimate of drug-likeness (QED) is 0.776. The van der Waals surface area contributed by atoms with Crippen LogP contribution in [0, 0.1) is 0 Å². The lowest BCUT2D eigenvalue weighted by Crippen LogP contribution is -2.10. The number of benzene rings is 1. The Hall–Kier alpha value is -0.570. The summed E-state index contributed by atoms with van der Waals surface area (Å²) in [6, 6.07) is 9.98. The molecule has 0 radical (unpaired) electrons. The van der Waals surface area contributed by atoms with Gasteiger partial charge in [-0.05, 0) is 18.5 Å². The van der Waals surface area contributed by atoms with Gasteiger partial charge in [-0.15, -0.1) is 12.4 Å². The van der Waals surface area contributed by atoms with E-state index in [4.69, 9.17) is 10.8 Å². The van der Waals surface area contributed by atoms with E-state index in [0.29, 0.717) is 6.54 Å². The summed E-state index contributed by atoms with van der Waals surface area (Å²) in [6.45, 7) is 0.807. The highest BCUT2D eigenvalue weighted by Crippen LogP contribution is 2.17. The van der Waals surface area contributed by atoms with Gasteiger partial charge in [-0.25, -0.2) is 0 Å². The molecule has 0 saturated heterocycles. The maximum atomic E-state index is 9.06. The first kappa shape index (κ1) is 12.4. The van der Waals surface area contributed by atoms with Gasteiger partial charge in [0.2, 0.25) is 0 Å². The van der Waals surface area contributed by atoms with Crippen molar-refractivity contribution in [1.29, 1.82) is 0 Å². The molecule has 3 heteroatoms. The minimum absolute atomic E-state index is 0. The highest BCUT2D eigenvalue weighted by molar-refractivity contribution is 5.85. The Kier molecular flexibility index (Phi) is 6.59. The largest absolute Gasteiger partial charge is 0.396 e. The molecule has 0 heterocycles. The molecule has 1 aromatic carbocycles. The highest BCUT2D eigenvalue weighted by Gasteiger charge is 2.07. The summed E-state index contributed by atoms with van der Waals surface area (Å²) in [5, 5.41) is 9.06. The van der Waals surface area contributed by atoms with Crippen molar-refractivity contribution in [3.8, 4) is 0 Å². The lowest BCUT2D eigenvalue weighted by Gasteiger charge is -2.12. The molecule has 3 N–H and O–H groups in total. The zero-order valence-corrected chi connectivity index (χ0v) is 8.33. The maximum absolute atomic E-state index is 9.06. The summed E-state index contributed by atoms with van der Waals surface area (Å²) in [6.07, 6.45) is 0.848. The smallest absolute Gasteiger partial charge is 0.0500 e. The third-order valence-electron chi connectivity index (χ3n) is 2.01. The summed E-state index contributed by atoms with van der Waals surface area (Å²) in [7, 11) is 0. The molecule has 74 valence electrons. The van der Waals surface area contributed by atoms with Crippen LogP contribution in [0.5, 0.6) is 0 Å². The van der Waals surface area contributed by atoms with Crippen molar-refractivity contribution in [3.05, 3.63) is 35.9 Å². The number of halogens is 1. The molecular weight excluding hydrogens is 186 g/mol. The van der Waals surface area contributed by atoms with Crippen LogP contribution in [0.25, 0.3) is 0 Å². The number of aliphatic hydroxyl groups is 1. The minimum atomic E-state index is 0. The van der Waals surface area contributed by atoms with Gasteiger partial charge in [0.25, 0.3) is 0 Å². The minimum Gasteiger partial charge on any atom is -0.396 e. The van der Waals surface area contributed by atoms with Gasteiger partial charge in [-0.2, -0.15) is 0 Å². The van der Waals surface area contributed by atoms with Gasteiger partial charge >= 0.3 is 0 Å². The SMILES string of the molecule is Cl.NCCC(CO)c1ccccc1. The van der Waals surface area contributed by atoms with Crippen LogP contribution >= 0.6 is 12.4 Å². The van der Waals surface area contributed by atoms with E-state index in [1.807, 2.05) is 30.3 Å². The fourth-order valence-electron chi connectivity index (χ4n) is 1.29. The van der Waals surface area contributed by atoms with Crippen LogP contribution in [0.2, 0.25) is 0 Å². The van der Waals surface area contributed by atoms with Gasteiger partial charge in [0.05, 0.1) is 0 Å². The van der Waals surface area contributed by atoms with Crippen LogP contribution < -0.4 is 5.73 Å². The van der Waals surface area contributed by atoms with Gasteiger partial charge in [0, 0.05) is 12.5 Å². The Morgan fingerprint density at radius 1 is 1.23 bits per heavy atom. The van der Waals surface area contributed by atoms with Crippen molar-refractivity contribution in [2.24, 2.45) is 5.73 Å². The number of hydrogen-bond acceptors (Lipinski definition) is 2. The molecule has 0 aliphatic carbocycles. The fourth-order valence-corrected chi connectivity index (χ4v) is 1.29. The molecule has 0 aliphatic heterocycles. The maximum Gasteiger partial charge on any atom is 0.0500 e. The van der Waals surface area contributed by atoms with Crippen LogP contribution in [-0.4, -0.2) is 18.3 Å². The molecule has 0 spiro atoms. The molecule has 0 aliphatic rings. The zero-order chi connectivity index (χ0) is 8.81. The Morgan fingerprint density at radius 2 is 1.85 bits per heavy atom. The molecule has 1 unspecified atom stereocenters. The molecule has 0 amide bonds. The fraction of sp³-hybridized carbons (Fsp3) is 0.400. The predicted octanol–water partition coefficient (Wildman–Crippen LogP) is 1.53. The van der Waals surface area contributed by atoms with Crippen molar-refractivity contribution < 1.29 is 5.11 Å². The Morgan fingerprint density at radius 3 is 2.31 bits per heavy atom. The molecule has 0 saturated carbocycles. The summed E-state index contributed by atoms with van der Waals surface area (Å²) in [5.41, 5.74) is 6.60. The summed E-state index contributed by atoms with van der Waals surface area (Å²) >= 11 is 0. The average Bonchev–Trinajstić information content (AvgIpc) is 2.15. The van der Waals surface area contributed by atoms with Gasteiger partial charge in [-0.1, -0.05) is 30.3 Å². The van der Waals surface area contributed by atoms with Crippen LogP contribution in [0.15, 0.2) is 30.3 Å². The first-order valence-corrected chi connectivity index (χ1v) is 4.24. The molecule has 1 atom stereocenters. The zero-order valence-electron chi connectivity index (χ0n) is 7.52. The molecule has 1 aromatic rings. The van der Waals surface area contributed by atoms with Crippen LogP contribution in [0.3, 0.4) is 0 Å². The molecule has 0 aromatic heterocycles. The average molecular weight is 202 g/mol. The third kappa shape index (κ3) is 3.77. The van der Waals surface area contributed by atoms with Crippen molar-refractivity contribution >= 4 is 12.4 Å². The predicted molar refractivity (Wildman–Crippen MR) is 57.2 cm³/mol. The van der Waals surface area contributed by atoms with Crippen molar-refractivity contribution in [1.82, 2.24) is 0 Å². The Balaban J connectivity index is 0.00000144. The lowest BCUT2D eigenvalue weighted by molar-refractivity contribution is 0.260. The molecule has 0 fully saturated rings. The number of rotatable bonds is 4. The number of aliphatic hydroxyl groups excluding tert-OH is 1. The summed E-state index contributed by atoms with van der Waals surface area (Å²) in [4.78, 5) is 0. The number of hydrogen-bond donors (Lipinski definition) is 2. The van der Waals surface area contributed by atoms with Crippen LogP contribution in [-0.2, 0) is 0 Å².